The zero-order valence-corrected chi connectivity index (χ0v) is 16.1. The van der Waals surface area contributed by atoms with E-state index in [2.05, 4.69) is 20.6 Å². The predicted molar refractivity (Wildman–Crippen MR) is 102 cm³/mol. The zero-order chi connectivity index (χ0) is 20.1. The molecule has 0 saturated carbocycles. The topological polar surface area (TPSA) is 63.5 Å². The smallest absolute Gasteiger partial charge is 0.367 e. The second kappa shape index (κ2) is 6.77. The number of hydrogen-bond acceptors (Lipinski definition) is 4. The monoisotopic (exact) mass is 408 g/mol. The fourth-order valence-corrected chi connectivity index (χ4v) is 3.86. The van der Waals surface area contributed by atoms with Crippen LogP contribution in [0.5, 0.6) is 0 Å². The maximum Gasteiger partial charge on any atom is 0.410 e. The van der Waals surface area contributed by atoms with E-state index in [1.54, 1.807) is 11.5 Å². The lowest BCUT2D eigenvalue weighted by atomic mass is 10.0. The molecule has 6 nitrogen and oxygen atoms in total. The molecule has 0 spiro atoms. The maximum atomic E-state index is 13.5. The number of anilines is 1. The minimum atomic E-state index is -4.38. The van der Waals surface area contributed by atoms with Gasteiger partial charge in [-0.05, 0) is 43.6 Å². The summed E-state index contributed by atoms with van der Waals surface area (Å²) in [7, 11) is 0. The van der Waals surface area contributed by atoms with Gasteiger partial charge in [-0.15, -0.1) is 0 Å². The van der Waals surface area contributed by atoms with Crippen LogP contribution in [0.4, 0.5) is 19.0 Å². The summed E-state index contributed by atoms with van der Waals surface area (Å²) in [5, 5.41) is 14.2. The molecular formula is C18H19F3N6S. The number of aromatic nitrogens is 5. The van der Waals surface area contributed by atoms with Crippen LogP contribution in [0.2, 0.25) is 0 Å². The molecule has 0 saturated heterocycles. The summed E-state index contributed by atoms with van der Waals surface area (Å²) in [6, 6.07) is 5.70. The molecule has 0 bridgehead atoms. The average molecular weight is 408 g/mol. The molecule has 28 heavy (non-hydrogen) atoms. The summed E-state index contributed by atoms with van der Waals surface area (Å²) in [6.07, 6.45) is -2.27. The minimum absolute atomic E-state index is 0.0802. The van der Waals surface area contributed by atoms with Gasteiger partial charge in [0.05, 0.1) is 17.4 Å². The number of aromatic amines is 1. The predicted octanol–water partition coefficient (Wildman–Crippen LogP) is 4.66. The molecule has 0 aliphatic carbocycles. The van der Waals surface area contributed by atoms with Gasteiger partial charge in [0.1, 0.15) is 5.82 Å². The third kappa shape index (κ3) is 3.01. The highest BCUT2D eigenvalue weighted by molar-refractivity contribution is 7.71. The molecule has 0 radical (unpaired) electrons. The third-order valence-corrected chi connectivity index (χ3v) is 5.23. The molecule has 148 valence electrons. The molecule has 2 N–H and O–H groups in total. The van der Waals surface area contributed by atoms with E-state index in [1.165, 1.54) is 6.20 Å². The van der Waals surface area contributed by atoms with Gasteiger partial charge in [-0.2, -0.15) is 23.4 Å². The lowest BCUT2D eigenvalue weighted by molar-refractivity contribution is -0.173. The second-order valence-corrected chi connectivity index (χ2v) is 7.25. The van der Waals surface area contributed by atoms with Crippen molar-refractivity contribution in [2.45, 2.75) is 44.9 Å². The van der Waals surface area contributed by atoms with Crippen molar-refractivity contribution in [1.82, 2.24) is 24.5 Å². The second-order valence-electron chi connectivity index (χ2n) is 6.86. The first-order valence-corrected chi connectivity index (χ1v) is 9.39. The number of para-hydroxylation sites is 1. The van der Waals surface area contributed by atoms with Gasteiger partial charge in [0.2, 0.25) is 0 Å². The summed E-state index contributed by atoms with van der Waals surface area (Å²) in [4.78, 5) is 0. The molecule has 1 aliphatic heterocycles. The Kier molecular flexibility index (Phi) is 4.53. The van der Waals surface area contributed by atoms with Crippen molar-refractivity contribution in [3.05, 3.63) is 40.8 Å². The van der Waals surface area contributed by atoms with E-state index in [0.717, 1.165) is 22.4 Å². The molecule has 0 unspecified atom stereocenters. The fraction of sp³-hybridized carbons (Fsp3) is 0.389. The maximum absolute atomic E-state index is 13.5. The number of alkyl halides is 3. The molecule has 1 aromatic carbocycles. The van der Waals surface area contributed by atoms with Crippen molar-refractivity contribution in [2.24, 2.45) is 0 Å². The number of halogens is 3. The highest BCUT2D eigenvalue weighted by Crippen LogP contribution is 2.42. The largest absolute Gasteiger partial charge is 0.410 e. The van der Waals surface area contributed by atoms with Crippen LogP contribution in [0, 0.1) is 4.77 Å². The van der Waals surface area contributed by atoms with Gasteiger partial charge in [0, 0.05) is 6.04 Å². The lowest BCUT2D eigenvalue weighted by Gasteiger charge is -2.32. The molecule has 1 aliphatic rings. The molecular weight excluding hydrogens is 389 g/mol. The van der Waals surface area contributed by atoms with E-state index < -0.39 is 12.2 Å². The van der Waals surface area contributed by atoms with E-state index in [0.29, 0.717) is 22.0 Å². The Balaban J connectivity index is 1.90. The quantitative estimate of drug-likeness (QED) is 0.619. The molecule has 10 heteroatoms. The van der Waals surface area contributed by atoms with Gasteiger partial charge in [-0.1, -0.05) is 25.1 Å². The Morgan fingerprint density at radius 3 is 2.75 bits per heavy atom. The van der Waals surface area contributed by atoms with Crippen LogP contribution in [-0.4, -0.2) is 36.8 Å². The van der Waals surface area contributed by atoms with Crippen LogP contribution in [0.15, 0.2) is 30.5 Å². The Morgan fingerprint density at radius 2 is 2.04 bits per heavy atom. The number of rotatable bonds is 3. The molecule has 3 aromatic rings. The summed E-state index contributed by atoms with van der Waals surface area (Å²) in [5.41, 5.74) is 2.37. The van der Waals surface area contributed by atoms with E-state index in [9.17, 15) is 13.2 Å². The third-order valence-electron chi connectivity index (χ3n) is 4.96. The lowest BCUT2D eigenvalue weighted by Crippen LogP contribution is -2.38. The number of fused-ring (bicyclic) bond motifs is 1. The number of aryl methyl sites for hydroxylation is 1. The van der Waals surface area contributed by atoms with E-state index in [4.69, 9.17) is 12.2 Å². The van der Waals surface area contributed by atoms with Crippen molar-refractivity contribution in [1.29, 1.82) is 0 Å². The zero-order valence-electron chi connectivity index (χ0n) is 15.3. The van der Waals surface area contributed by atoms with E-state index >= 15 is 0 Å². The van der Waals surface area contributed by atoms with Crippen LogP contribution in [0.25, 0.3) is 17.1 Å². The fourth-order valence-electron chi connectivity index (χ4n) is 3.63. The van der Waals surface area contributed by atoms with Crippen molar-refractivity contribution in [2.75, 3.05) is 5.32 Å². The van der Waals surface area contributed by atoms with E-state index in [-0.39, 0.29) is 12.5 Å². The first-order chi connectivity index (χ1) is 13.3. The Morgan fingerprint density at radius 1 is 1.29 bits per heavy atom. The summed E-state index contributed by atoms with van der Waals surface area (Å²) >= 11 is 5.41. The summed E-state index contributed by atoms with van der Waals surface area (Å²) in [6.45, 7) is 3.75. The van der Waals surface area contributed by atoms with Gasteiger partial charge >= 0.3 is 6.18 Å². The van der Waals surface area contributed by atoms with Crippen LogP contribution in [0.3, 0.4) is 0 Å². The number of benzene rings is 1. The molecule has 0 amide bonds. The average Bonchev–Trinajstić information content (AvgIpc) is 3.23. The number of nitrogens with one attached hydrogen (secondary N) is 2. The summed E-state index contributed by atoms with van der Waals surface area (Å²) < 4.78 is 43.7. The Hall–Kier alpha value is -2.62. The standard InChI is InChI=1S/C18H19F3N6S/c1-3-11-6-4-5-7-13(11)26-16(24-25-17(26)28)12-9-22-27-14(18(19,20)21)8-10(2)23-15(12)27/h4-7,9-10,14,23H,3,8H2,1-2H3,(H,25,28)/t10-,14-/m0/s1. The van der Waals surface area contributed by atoms with Crippen LogP contribution in [-0.2, 0) is 6.42 Å². The molecule has 3 heterocycles. The normalized spacial score (nSPS) is 19.3. The van der Waals surface area contributed by atoms with Crippen molar-refractivity contribution in [3.63, 3.8) is 0 Å². The van der Waals surface area contributed by atoms with Gasteiger partial charge in [-0.3, -0.25) is 9.67 Å². The SMILES string of the molecule is CCc1ccccc1-n1c(-c2cnn3c2N[C@@H](C)C[C@H]3C(F)(F)F)n[nH]c1=S. The minimum Gasteiger partial charge on any atom is -0.367 e. The highest BCUT2D eigenvalue weighted by atomic mass is 32.1. The van der Waals surface area contributed by atoms with Gasteiger partial charge in [0.15, 0.2) is 16.6 Å². The Bertz CT molecular complexity index is 1060. The first kappa shape index (κ1) is 18.7. The van der Waals surface area contributed by atoms with E-state index in [1.807, 2.05) is 31.2 Å². The van der Waals surface area contributed by atoms with Crippen LogP contribution in [0.1, 0.15) is 31.9 Å². The molecule has 0 fully saturated rings. The van der Waals surface area contributed by atoms with Crippen LogP contribution >= 0.6 is 12.2 Å². The number of nitrogens with zero attached hydrogens (tertiary/aromatic N) is 4. The van der Waals surface area contributed by atoms with Crippen molar-refractivity contribution < 1.29 is 13.2 Å². The Labute approximate surface area is 164 Å². The van der Waals surface area contributed by atoms with Gasteiger partial charge in [0.25, 0.3) is 0 Å². The van der Waals surface area contributed by atoms with Crippen molar-refractivity contribution in [3.8, 4) is 17.1 Å². The number of H-pyrrole nitrogens is 1. The highest BCUT2D eigenvalue weighted by Gasteiger charge is 2.46. The molecule has 4 rings (SSSR count). The first-order valence-electron chi connectivity index (χ1n) is 8.98. The molecule has 2 aromatic heterocycles. The van der Waals surface area contributed by atoms with Crippen molar-refractivity contribution >= 4 is 18.0 Å². The number of hydrogen-bond donors (Lipinski definition) is 2. The van der Waals surface area contributed by atoms with Crippen LogP contribution < -0.4 is 5.32 Å². The summed E-state index contributed by atoms with van der Waals surface area (Å²) in [5.74, 6) is 0.722. The van der Waals surface area contributed by atoms with Gasteiger partial charge < -0.3 is 5.32 Å². The molecule has 2 atom stereocenters. The van der Waals surface area contributed by atoms with Gasteiger partial charge in [-0.25, -0.2) is 4.68 Å².